The van der Waals surface area contributed by atoms with Gasteiger partial charge in [-0.25, -0.2) is 9.78 Å². The second-order valence-corrected chi connectivity index (χ2v) is 5.75. The van der Waals surface area contributed by atoms with Crippen LogP contribution in [-0.2, 0) is 20.9 Å². The maximum absolute atomic E-state index is 12.6. The molecule has 1 amide bonds. The highest BCUT2D eigenvalue weighted by molar-refractivity contribution is 5.81. The zero-order valence-corrected chi connectivity index (χ0v) is 13.6. The van der Waals surface area contributed by atoms with Gasteiger partial charge in [0.1, 0.15) is 6.04 Å². The summed E-state index contributed by atoms with van der Waals surface area (Å²) in [7, 11) is 2.04. The van der Waals surface area contributed by atoms with Crippen molar-refractivity contribution < 1.29 is 32.6 Å². The maximum Gasteiger partial charge on any atom is 0.490 e. The molecule has 3 heterocycles. The Bertz CT molecular complexity index is 613. The molecule has 140 valence electrons. The van der Waals surface area contributed by atoms with Crippen molar-refractivity contribution in [1.82, 2.24) is 19.4 Å². The van der Waals surface area contributed by atoms with Gasteiger partial charge in [-0.2, -0.15) is 13.2 Å². The Morgan fingerprint density at radius 1 is 1.32 bits per heavy atom. The molecule has 0 aliphatic carbocycles. The van der Waals surface area contributed by atoms with E-state index in [1.807, 2.05) is 22.7 Å². The minimum atomic E-state index is -5.08. The van der Waals surface area contributed by atoms with E-state index in [-0.39, 0.29) is 11.9 Å². The third kappa shape index (κ3) is 4.92. The number of rotatable bonds is 1. The monoisotopic (exact) mass is 364 g/mol. The van der Waals surface area contributed by atoms with Gasteiger partial charge in [-0.1, -0.05) is 0 Å². The molecule has 1 unspecified atom stereocenters. The van der Waals surface area contributed by atoms with E-state index in [1.54, 1.807) is 6.33 Å². The van der Waals surface area contributed by atoms with Gasteiger partial charge in [-0.3, -0.25) is 9.69 Å². The highest BCUT2D eigenvalue weighted by atomic mass is 19.4. The van der Waals surface area contributed by atoms with Crippen molar-refractivity contribution >= 4 is 11.9 Å². The van der Waals surface area contributed by atoms with E-state index in [0.717, 1.165) is 18.8 Å². The van der Waals surface area contributed by atoms with Gasteiger partial charge < -0.3 is 19.3 Å². The predicted octanol–water partition coefficient (Wildman–Crippen LogP) is 0.362. The van der Waals surface area contributed by atoms with E-state index >= 15 is 0 Å². The van der Waals surface area contributed by atoms with Crippen LogP contribution in [0.5, 0.6) is 0 Å². The molecule has 0 saturated carbocycles. The first-order chi connectivity index (χ1) is 11.7. The quantitative estimate of drug-likeness (QED) is 0.774. The Morgan fingerprint density at radius 3 is 2.48 bits per heavy atom. The van der Waals surface area contributed by atoms with E-state index in [4.69, 9.17) is 14.6 Å². The number of nitrogens with zero attached hydrogens (tertiary/aromatic N) is 4. The SMILES string of the molecule is CN1Cc2cncn2C(C(=O)N2CCOCC2)C1.O=C(O)C(F)(F)F. The molecule has 1 N–H and O–H groups in total. The second-order valence-electron chi connectivity index (χ2n) is 5.75. The Morgan fingerprint density at radius 2 is 1.92 bits per heavy atom. The van der Waals surface area contributed by atoms with Crippen LogP contribution in [0.4, 0.5) is 13.2 Å². The van der Waals surface area contributed by atoms with Crippen molar-refractivity contribution in [2.75, 3.05) is 39.9 Å². The molecule has 8 nitrogen and oxygen atoms in total. The van der Waals surface area contributed by atoms with Gasteiger partial charge in [0, 0.05) is 32.4 Å². The topological polar surface area (TPSA) is 87.9 Å². The molecule has 1 aromatic heterocycles. The van der Waals surface area contributed by atoms with Gasteiger partial charge in [0.05, 0.1) is 25.2 Å². The van der Waals surface area contributed by atoms with E-state index in [1.165, 1.54) is 0 Å². The standard InChI is InChI=1S/C12H18N4O2.C2HF3O2/c1-14-7-10-6-13-9-16(10)11(8-14)12(17)15-2-4-18-5-3-15;3-2(4,5)1(6)7/h6,9,11H,2-5,7-8H2,1H3;(H,6,7). The Labute approximate surface area is 141 Å². The van der Waals surface area contributed by atoms with E-state index in [0.29, 0.717) is 26.3 Å². The Kier molecular flexibility index (Phi) is 6.01. The minimum Gasteiger partial charge on any atom is -0.475 e. The number of ether oxygens (including phenoxy) is 1. The molecular weight excluding hydrogens is 345 g/mol. The second kappa shape index (κ2) is 7.83. The number of imidazole rings is 1. The fourth-order valence-electron chi connectivity index (χ4n) is 2.65. The smallest absolute Gasteiger partial charge is 0.475 e. The number of amides is 1. The van der Waals surface area contributed by atoms with Gasteiger partial charge in [0.15, 0.2) is 0 Å². The number of morpholine rings is 1. The van der Waals surface area contributed by atoms with Crippen molar-refractivity contribution in [3.05, 3.63) is 18.2 Å². The summed E-state index contributed by atoms with van der Waals surface area (Å²) < 4.78 is 39.0. The summed E-state index contributed by atoms with van der Waals surface area (Å²) in [6.45, 7) is 4.29. The number of fused-ring (bicyclic) bond motifs is 1. The lowest BCUT2D eigenvalue weighted by molar-refractivity contribution is -0.192. The van der Waals surface area contributed by atoms with Crippen molar-refractivity contribution in [2.24, 2.45) is 0 Å². The van der Waals surface area contributed by atoms with Crippen LogP contribution in [0, 0.1) is 0 Å². The van der Waals surface area contributed by atoms with E-state index in [2.05, 4.69) is 9.88 Å². The number of aromatic nitrogens is 2. The molecule has 1 aromatic rings. The fourth-order valence-corrected chi connectivity index (χ4v) is 2.65. The zero-order chi connectivity index (χ0) is 18.6. The summed E-state index contributed by atoms with van der Waals surface area (Å²) in [5, 5.41) is 7.12. The number of halogens is 3. The third-order valence-electron chi connectivity index (χ3n) is 3.85. The van der Waals surface area contributed by atoms with Gasteiger partial charge >= 0.3 is 12.1 Å². The van der Waals surface area contributed by atoms with Crippen LogP contribution in [0.15, 0.2) is 12.5 Å². The molecule has 2 aliphatic rings. The molecule has 0 radical (unpaired) electrons. The van der Waals surface area contributed by atoms with Crippen LogP contribution in [0.3, 0.4) is 0 Å². The number of likely N-dealkylation sites (N-methyl/N-ethyl adjacent to an activating group) is 1. The van der Waals surface area contributed by atoms with Crippen LogP contribution in [0.25, 0.3) is 0 Å². The van der Waals surface area contributed by atoms with Crippen molar-refractivity contribution in [2.45, 2.75) is 18.8 Å². The minimum absolute atomic E-state index is 0.139. The fraction of sp³-hybridized carbons (Fsp3) is 0.643. The van der Waals surface area contributed by atoms with Crippen LogP contribution in [0.1, 0.15) is 11.7 Å². The number of hydrogen-bond donors (Lipinski definition) is 1. The Balaban J connectivity index is 0.000000277. The lowest BCUT2D eigenvalue weighted by Gasteiger charge is -2.35. The number of carboxylic acids is 1. The first-order valence-corrected chi connectivity index (χ1v) is 7.56. The number of carboxylic acid groups (broad SMARTS) is 1. The summed E-state index contributed by atoms with van der Waals surface area (Å²) in [5.41, 5.74) is 1.11. The molecule has 0 bridgehead atoms. The number of carbonyl (C=O) groups is 2. The normalized spacial score (nSPS) is 21.1. The van der Waals surface area contributed by atoms with Gasteiger partial charge in [-0.15, -0.1) is 0 Å². The molecule has 11 heteroatoms. The highest BCUT2D eigenvalue weighted by Gasteiger charge is 2.38. The summed E-state index contributed by atoms with van der Waals surface area (Å²) in [4.78, 5) is 29.7. The van der Waals surface area contributed by atoms with Gasteiger partial charge in [0.25, 0.3) is 0 Å². The van der Waals surface area contributed by atoms with Crippen LogP contribution in [0.2, 0.25) is 0 Å². The summed E-state index contributed by atoms with van der Waals surface area (Å²) in [6, 6.07) is -0.139. The molecular formula is C14H19F3N4O4. The maximum atomic E-state index is 12.6. The molecule has 3 rings (SSSR count). The molecule has 1 saturated heterocycles. The number of alkyl halides is 3. The molecule has 0 spiro atoms. The Hall–Kier alpha value is -2.14. The number of aliphatic carboxylic acids is 1. The average molecular weight is 364 g/mol. The van der Waals surface area contributed by atoms with Crippen LogP contribution >= 0.6 is 0 Å². The largest absolute Gasteiger partial charge is 0.490 e. The summed E-state index contributed by atoms with van der Waals surface area (Å²) in [5.74, 6) is -2.57. The lowest BCUT2D eigenvalue weighted by atomic mass is 10.1. The summed E-state index contributed by atoms with van der Waals surface area (Å²) in [6.07, 6.45) is -1.47. The molecule has 1 fully saturated rings. The molecule has 2 aliphatic heterocycles. The van der Waals surface area contributed by atoms with Crippen molar-refractivity contribution in [3.63, 3.8) is 0 Å². The molecule has 1 atom stereocenters. The van der Waals surface area contributed by atoms with Crippen molar-refractivity contribution in [3.8, 4) is 0 Å². The first-order valence-electron chi connectivity index (χ1n) is 7.56. The molecule has 0 aromatic carbocycles. The summed E-state index contributed by atoms with van der Waals surface area (Å²) >= 11 is 0. The van der Waals surface area contributed by atoms with E-state index < -0.39 is 12.1 Å². The molecule has 25 heavy (non-hydrogen) atoms. The highest BCUT2D eigenvalue weighted by Crippen LogP contribution is 2.22. The van der Waals surface area contributed by atoms with Crippen molar-refractivity contribution in [1.29, 1.82) is 0 Å². The average Bonchev–Trinajstić information content (AvgIpc) is 3.02. The first kappa shape index (κ1) is 19.2. The zero-order valence-electron chi connectivity index (χ0n) is 13.6. The van der Waals surface area contributed by atoms with Crippen LogP contribution in [-0.4, -0.2) is 82.4 Å². The lowest BCUT2D eigenvalue weighted by Crippen LogP contribution is -2.48. The van der Waals surface area contributed by atoms with Gasteiger partial charge in [-0.05, 0) is 7.05 Å². The number of carbonyl (C=O) groups excluding carboxylic acids is 1. The van der Waals surface area contributed by atoms with Crippen LogP contribution < -0.4 is 0 Å². The third-order valence-corrected chi connectivity index (χ3v) is 3.85. The number of hydrogen-bond acceptors (Lipinski definition) is 5. The predicted molar refractivity (Wildman–Crippen MR) is 78.7 cm³/mol. The van der Waals surface area contributed by atoms with E-state index in [9.17, 15) is 18.0 Å². The van der Waals surface area contributed by atoms with Gasteiger partial charge in [0.2, 0.25) is 5.91 Å².